The normalized spacial score (nSPS) is 11.4. The van der Waals surface area contributed by atoms with Gasteiger partial charge in [-0.3, -0.25) is 4.79 Å². The zero-order valence-corrected chi connectivity index (χ0v) is 15.9. The van der Waals surface area contributed by atoms with E-state index in [4.69, 9.17) is 5.11 Å². The minimum Gasteiger partial charge on any atom is -0.481 e. The summed E-state index contributed by atoms with van der Waals surface area (Å²) >= 11 is 1.23. The van der Waals surface area contributed by atoms with Gasteiger partial charge in [0.25, 0.3) is 0 Å². The van der Waals surface area contributed by atoms with Gasteiger partial charge in [-0.05, 0) is 25.6 Å². The van der Waals surface area contributed by atoms with Gasteiger partial charge in [-0.25, -0.2) is 0 Å². The van der Waals surface area contributed by atoms with E-state index in [9.17, 15) is 4.79 Å². The Balaban J connectivity index is 1.92. The SMILES string of the molecule is CC(C)c1nnc(SCC(=O)O)n1CCCN(C)Cc1ccccc1. The van der Waals surface area contributed by atoms with E-state index in [0.29, 0.717) is 5.16 Å². The fourth-order valence-corrected chi connectivity index (χ4v) is 3.34. The fraction of sp³-hybridized carbons (Fsp3) is 0.500. The molecule has 0 bridgehead atoms. The van der Waals surface area contributed by atoms with Crippen LogP contribution in [0.2, 0.25) is 0 Å². The van der Waals surface area contributed by atoms with Gasteiger partial charge in [-0.1, -0.05) is 55.9 Å². The van der Waals surface area contributed by atoms with Crippen molar-refractivity contribution in [2.45, 2.75) is 44.4 Å². The van der Waals surface area contributed by atoms with Gasteiger partial charge in [0.15, 0.2) is 5.16 Å². The number of carbonyl (C=O) groups is 1. The van der Waals surface area contributed by atoms with Gasteiger partial charge in [-0.15, -0.1) is 10.2 Å². The highest BCUT2D eigenvalue weighted by Crippen LogP contribution is 2.21. The molecular formula is C18H26N4O2S. The molecule has 1 aromatic carbocycles. The van der Waals surface area contributed by atoms with Crippen molar-refractivity contribution in [2.75, 3.05) is 19.3 Å². The van der Waals surface area contributed by atoms with Crippen molar-refractivity contribution >= 4 is 17.7 Å². The molecule has 0 amide bonds. The Morgan fingerprint density at radius 1 is 1.28 bits per heavy atom. The summed E-state index contributed by atoms with van der Waals surface area (Å²) in [6.07, 6.45) is 0.960. The molecule has 25 heavy (non-hydrogen) atoms. The summed E-state index contributed by atoms with van der Waals surface area (Å²) in [6.45, 7) is 6.82. The topological polar surface area (TPSA) is 71.2 Å². The van der Waals surface area contributed by atoms with Gasteiger partial charge >= 0.3 is 5.97 Å². The molecule has 0 aliphatic carbocycles. The minimum atomic E-state index is -0.840. The minimum absolute atomic E-state index is 0.00411. The second-order valence-electron chi connectivity index (χ2n) is 6.41. The van der Waals surface area contributed by atoms with Crippen LogP contribution in [-0.2, 0) is 17.9 Å². The Morgan fingerprint density at radius 3 is 2.64 bits per heavy atom. The van der Waals surface area contributed by atoms with Crippen molar-refractivity contribution in [1.82, 2.24) is 19.7 Å². The third-order valence-electron chi connectivity index (χ3n) is 3.80. The quantitative estimate of drug-likeness (QED) is 0.655. The molecule has 136 valence electrons. The number of nitrogens with zero attached hydrogens (tertiary/aromatic N) is 4. The van der Waals surface area contributed by atoms with E-state index in [2.05, 4.69) is 64.8 Å². The van der Waals surface area contributed by atoms with Crippen LogP contribution in [0.5, 0.6) is 0 Å². The van der Waals surface area contributed by atoms with Gasteiger partial charge < -0.3 is 14.6 Å². The predicted octanol–water partition coefficient (Wildman–Crippen LogP) is 3.10. The lowest BCUT2D eigenvalue weighted by atomic mass is 10.2. The predicted molar refractivity (Wildman–Crippen MR) is 99.9 cm³/mol. The maximum absolute atomic E-state index is 10.8. The summed E-state index contributed by atoms with van der Waals surface area (Å²) in [4.78, 5) is 13.1. The molecule has 0 unspecified atom stereocenters. The van der Waals surface area contributed by atoms with Crippen molar-refractivity contribution in [1.29, 1.82) is 0 Å². The summed E-state index contributed by atoms with van der Waals surface area (Å²) in [5, 5.41) is 18.0. The maximum atomic E-state index is 10.8. The molecule has 1 N–H and O–H groups in total. The van der Waals surface area contributed by atoms with Gasteiger partial charge in [0.1, 0.15) is 5.82 Å². The highest BCUT2D eigenvalue weighted by Gasteiger charge is 2.16. The van der Waals surface area contributed by atoms with Crippen LogP contribution in [0.1, 0.15) is 37.6 Å². The number of carboxylic acids is 1. The van der Waals surface area contributed by atoms with Crippen molar-refractivity contribution in [2.24, 2.45) is 0 Å². The number of hydrogen-bond acceptors (Lipinski definition) is 5. The average molecular weight is 362 g/mol. The number of hydrogen-bond donors (Lipinski definition) is 1. The van der Waals surface area contributed by atoms with Crippen molar-refractivity contribution in [3.8, 4) is 0 Å². The molecular weight excluding hydrogens is 336 g/mol. The van der Waals surface area contributed by atoms with Gasteiger partial charge in [0.05, 0.1) is 5.75 Å². The summed E-state index contributed by atoms with van der Waals surface area (Å²) in [5.41, 5.74) is 1.30. The van der Waals surface area contributed by atoms with Crippen LogP contribution >= 0.6 is 11.8 Å². The largest absolute Gasteiger partial charge is 0.481 e. The molecule has 1 heterocycles. The van der Waals surface area contributed by atoms with Crippen LogP contribution in [0, 0.1) is 0 Å². The lowest BCUT2D eigenvalue weighted by molar-refractivity contribution is -0.133. The first-order valence-corrected chi connectivity index (χ1v) is 9.46. The van der Waals surface area contributed by atoms with E-state index in [-0.39, 0.29) is 11.7 Å². The number of rotatable bonds is 10. The first-order valence-electron chi connectivity index (χ1n) is 8.47. The smallest absolute Gasteiger partial charge is 0.313 e. The summed E-state index contributed by atoms with van der Waals surface area (Å²) in [7, 11) is 2.11. The van der Waals surface area contributed by atoms with Crippen molar-refractivity contribution in [3.05, 3.63) is 41.7 Å². The number of carboxylic acid groups (broad SMARTS) is 1. The number of thioether (sulfide) groups is 1. The Bertz CT molecular complexity index is 673. The second kappa shape index (κ2) is 9.58. The monoisotopic (exact) mass is 362 g/mol. The molecule has 7 heteroatoms. The molecule has 0 aliphatic heterocycles. The van der Waals surface area contributed by atoms with Gasteiger partial charge in [-0.2, -0.15) is 0 Å². The van der Waals surface area contributed by atoms with E-state index in [0.717, 1.165) is 31.9 Å². The Hall–Kier alpha value is -1.86. The average Bonchev–Trinajstić information content (AvgIpc) is 2.97. The molecule has 0 atom stereocenters. The van der Waals surface area contributed by atoms with Crippen LogP contribution in [0.3, 0.4) is 0 Å². The standard InChI is InChI=1S/C18H26N4O2S/c1-14(2)17-19-20-18(25-13-16(23)24)22(17)11-7-10-21(3)12-15-8-5-4-6-9-15/h4-6,8-9,14H,7,10-13H2,1-3H3,(H,23,24). The third-order valence-corrected chi connectivity index (χ3v) is 4.75. The van der Waals surface area contributed by atoms with E-state index >= 15 is 0 Å². The third kappa shape index (κ3) is 6.17. The summed E-state index contributed by atoms with van der Waals surface area (Å²) in [6, 6.07) is 10.4. The Morgan fingerprint density at radius 2 is 2.00 bits per heavy atom. The van der Waals surface area contributed by atoms with E-state index in [1.54, 1.807) is 0 Å². The molecule has 1 aromatic heterocycles. The Labute approximate surface area is 153 Å². The lowest BCUT2D eigenvalue weighted by Crippen LogP contribution is -2.21. The van der Waals surface area contributed by atoms with E-state index < -0.39 is 5.97 Å². The highest BCUT2D eigenvalue weighted by atomic mass is 32.2. The molecule has 0 saturated heterocycles. The molecule has 0 spiro atoms. The molecule has 6 nitrogen and oxygen atoms in total. The van der Waals surface area contributed by atoms with E-state index in [1.165, 1.54) is 17.3 Å². The zero-order valence-electron chi connectivity index (χ0n) is 15.1. The first kappa shape index (κ1) is 19.5. The molecule has 2 aromatic rings. The maximum Gasteiger partial charge on any atom is 0.313 e. The highest BCUT2D eigenvalue weighted by molar-refractivity contribution is 7.99. The molecule has 0 aliphatic rings. The second-order valence-corrected chi connectivity index (χ2v) is 7.35. The van der Waals surface area contributed by atoms with Gasteiger partial charge in [0.2, 0.25) is 0 Å². The van der Waals surface area contributed by atoms with Crippen LogP contribution in [-0.4, -0.2) is 50.1 Å². The molecule has 2 rings (SSSR count). The number of aromatic nitrogens is 3. The molecule has 0 radical (unpaired) electrons. The van der Waals surface area contributed by atoms with Crippen LogP contribution < -0.4 is 0 Å². The van der Waals surface area contributed by atoms with Gasteiger partial charge in [0, 0.05) is 19.0 Å². The Kier molecular flexibility index (Phi) is 7.46. The summed E-state index contributed by atoms with van der Waals surface area (Å²) < 4.78 is 2.06. The fourth-order valence-electron chi connectivity index (χ4n) is 2.64. The van der Waals surface area contributed by atoms with Crippen LogP contribution in [0.15, 0.2) is 35.5 Å². The lowest BCUT2D eigenvalue weighted by Gasteiger charge is -2.18. The molecule has 0 fully saturated rings. The number of benzene rings is 1. The zero-order chi connectivity index (χ0) is 18.2. The molecule has 0 saturated carbocycles. The van der Waals surface area contributed by atoms with Crippen molar-refractivity contribution < 1.29 is 9.90 Å². The van der Waals surface area contributed by atoms with Crippen molar-refractivity contribution in [3.63, 3.8) is 0 Å². The van der Waals surface area contributed by atoms with E-state index in [1.807, 2.05) is 6.07 Å². The van der Waals surface area contributed by atoms with Crippen LogP contribution in [0.25, 0.3) is 0 Å². The first-order chi connectivity index (χ1) is 12.0. The summed E-state index contributed by atoms with van der Waals surface area (Å²) in [5.74, 6) is 0.338. The van der Waals surface area contributed by atoms with Crippen LogP contribution in [0.4, 0.5) is 0 Å². The number of aliphatic carboxylic acids is 1.